The van der Waals surface area contributed by atoms with Gasteiger partial charge in [0.15, 0.2) is 0 Å². The average molecular weight is 285 g/mol. The summed E-state index contributed by atoms with van der Waals surface area (Å²) in [6.45, 7) is 7.99. The van der Waals surface area contributed by atoms with Gasteiger partial charge in [-0.05, 0) is 13.8 Å². The van der Waals surface area contributed by atoms with E-state index in [0.717, 1.165) is 11.6 Å². The monoisotopic (exact) mass is 285 g/mol. The van der Waals surface area contributed by atoms with Crippen LogP contribution in [-0.2, 0) is 19.4 Å². The molecule has 0 fully saturated rings. The molecule has 0 aromatic carbocycles. The molecule has 0 saturated carbocycles. The molecule has 0 aromatic rings. The van der Waals surface area contributed by atoms with Gasteiger partial charge in [0.25, 0.3) is 0 Å². The Morgan fingerprint density at radius 2 is 1.56 bits per heavy atom. The summed E-state index contributed by atoms with van der Waals surface area (Å²) in [5, 5.41) is 7.89. The Hall–Kier alpha value is -0.960. The summed E-state index contributed by atoms with van der Waals surface area (Å²) in [4.78, 5) is 9.60. The van der Waals surface area contributed by atoms with E-state index in [-0.39, 0.29) is 5.57 Å². The third kappa shape index (κ3) is 36.3. The zero-order chi connectivity index (χ0) is 15.6. The molecule has 18 heavy (non-hydrogen) atoms. The van der Waals surface area contributed by atoms with Gasteiger partial charge in [0.2, 0.25) is 10.4 Å². The second-order valence-corrected chi connectivity index (χ2v) is 5.42. The van der Waals surface area contributed by atoms with Gasteiger partial charge in [0, 0.05) is 5.57 Å². The lowest BCUT2D eigenvalue weighted by Gasteiger charge is -2.20. The molecule has 0 unspecified atom stereocenters. The van der Waals surface area contributed by atoms with Gasteiger partial charge < -0.3 is 14.1 Å². The van der Waals surface area contributed by atoms with Crippen LogP contribution >= 0.6 is 0 Å². The number of carboxylic acid groups (broad SMARTS) is 1. The zero-order valence-electron chi connectivity index (χ0n) is 11.8. The van der Waals surface area contributed by atoms with Crippen molar-refractivity contribution in [2.24, 2.45) is 0 Å². The van der Waals surface area contributed by atoms with Crippen LogP contribution < -0.4 is 0 Å². The molecule has 0 saturated heterocycles. The molecule has 0 aliphatic rings. The number of carboxylic acids is 1. The lowest BCUT2D eigenvalue weighted by atomic mass is 10.4. The van der Waals surface area contributed by atoms with Gasteiger partial charge in [0.1, 0.15) is 0 Å². The minimum Gasteiger partial charge on any atom is -0.726 e. The van der Waals surface area contributed by atoms with Gasteiger partial charge in [-0.25, -0.2) is 13.2 Å². The Kier molecular flexibility index (Phi) is 12.4. The van der Waals surface area contributed by atoms with E-state index in [1.807, 2.05) is 0 Å². The van der Waals surface area contributed by atoms with Crippen LogP contribution in [0.15, 0.2) is 12.2 Å². The Balaban J connectivity index is -0.000000187. The summed E-state index contributed by atoms with van der Waals surface area (Å²) in [5.74, 6) is -0.935. The molecule has 0 amide bonds. The van der Waals surface area contributed by atoms with E-state index in [0.29, 0.717) is 0 Å². The van der Waals surface area contributed by atoms with Crippen LogP contribution in [0.1, 0.15) is 13.8 Å². The van der Waals surface area contributed by atoms with Crippen molar-refractivity contribution in [2.75, 3.05) is 34.8 Å². The van der Waals surface area contributed by atoms with E-state index < -0.39 is 16.4 Å². The van der Waals surface area contributed by atoms with Crippen LogP contribution in [0.4, 0.5) is 0 Å². The van der Waals surface area contributed by atoms with Gasteiger partial charge in [0.05, 0.1) is 34.8 Å². The highest BCUT2D eigenvalue weighted by Crippen LogP contribution is 1.83. The fraction of sp³-hybridized carbons (Fsp3) is 0.700. The number of nitrogens with zero attached hydrogens (tertiary/aromatic N) is 1. The van der Waals surface area contributed by atoms with Gasteiger partial charge in [-0.2, -0.15) is 0 Å². The molecule has 1 N–H and O–H groups in total. The predicted octanol–water partition coefficient (Wildman–Crippen LogP) is 0.453. The summed E-state index contributed by atoms with van der Waals surface area (Å²) >= 11 is 0. The molecule has 0 aromatic heterocycles. The molecule has 0 aliphatic carbocycles. The van der Waals surface area contributed by atoms with Gasteiger partial charge in [-0.15, -0.1) is 0 Å². The molecular weight excluding hydrogens is 262 g/mol. The average Bonchev–Trinajstić information content (AvgIpc) is 2.17. The van der Waals surface area contributed by atoms with E-state index in [9.17, 15) is 17.8 Å². The Morgan fingerprint density at radius 1 is 1.39 bits per heavy atom. The summed E-state index contributed by atoms with van der Waals surface area (Å²) in [6.07, 6.45) is 0. The zero-order valence-corrected chi connectivity index (χ0v) is 12.6. The molecule has 0 heterocycles. The summed E-state index contributed by atoms with van der Waals surface area (Å²) in [7, 11) is 2.94. The molecule has 110 valence electrons. The van der Waals surface area contributed by atoms with Crippen molar-refractivity contribution in [3.05, 3.63) is 12.2 Å². The van der Waals surface area contributed by atoms with Crippen molar-refractivity contribution in [2.45, 2.75) is 13.8 Å². The van der Waals surface area contributed by atoms with E-state index in [1.54, 1.807) is 0 Å². The molecule has 0 rings (SSSR count). The first kappa shape index (κ1) is 22.2. The molecule has 8 heteroatoms. The maximum absolute atomic E-state index is 9.60. The van der Waals surface area contributed by atoms with Crippen molar-refractivity contribution >= 4 is 16.4 Å². The van der Waals surface area contributed by atoms with E-state index in [1.165, 1.54) is 13.5 Å². The van der Waals surface area contributed by atoms with Gasteiger partial charge >= 0.3 is 5.97 Å². The second-order valence-electron chi connectivity index (χ2n) is 4.27. The largest absolute Gasteiger partial charge is 0.726 e. The molecular formula is C10H23NO6S. The Morgan fingerprint density at radius 3 is 1.56 bits per heavy atom. The smallest absolute Gasteiger partial charge is 0.330 e. The number of quaternary nitrogens is 1. The molecule has 7 nitrogen and oxygen atoms in total. The number of aliphatic carboxylic acids is 1. The third-order valence-electron chi connectivity index (χ3n) is 1.52. The fourth-order valence-corrected chi connectivity index (χ4v) is 0. The van der Waals surface area contributed by atoms with Crippen LogP contribution in [0.3, 0.4) is 0 Å². The maximum atomic E-state index is 9.60. The number of hydrogen-bond acceptors (Lipinski definition) is 5. The molecule has 0 atom stereocenters. The summed E-state index contributed by atoms with van der Waals surface area (Å²) in [6, 6.07) is 0. The van der Waals surface area contributed by atoms with Gasteiger partial charge in [-0.3, -0.25) is 4.18 Å². The molecule has 0 spiro atoms. The van der Waals surface area contributed by atoms with Crippen LogP contribution in [0.25, 0.3) is 0 Å². The van der Waals surface area contributed by atoms with E-state index in [2.05, 4.69) is 38.8 Å². The predicted molar refractivity (Wildman–Crippen MR) is 67.7 cm³/mol. The van der Waals surface area contributed by atoms with Crippen LogP contribution in [0, 0.1) is 0 Å². The van der Waals surface area contributed by atoms with Crippen molar-refractivity contribution in [3.63, 3.8) is 0 Å². The van der Waals surface area contributed by atoms with Crippen molar-refractivity contribution in [1.82, 2.24) is 0 Å². The van der Waals surface area contributed by atoms with Crippen LogP contribution in [-0.4, -0.2) is 63.3 Å². The highest BCUT2D eigenvalue weighted by atomic mass is 32.3. The first-order valence-corrected chi connectivity index (χ1v) is 6.30. The Labute approximate surface area is 109 Å². The fourth-order valence-electron chi connectivity index (χ4n) is 0. The standard InChI is InChI=1S/C5H14N.C4H6O2.CH4O4S/c1-5-6(2,3)4;1-3(2)4(5)6;1-5-6(2,3)4/h5H2,1-4H3;1H2,2H3,(H,5,6);1H3,(H,2,3,4)/q+1;;/p-1. The quantitative estimate of drug-likeness (QED) is 0.349. The second kappa shape index (κ2) is 10.0. The van der Waals surface area contributed by atoms with Crippen LogP contribution in [0.2, 0.25) is 0 Å². The lowest BCUT2D eigenvalue weighted by molar-refractivity contribution is -0.868. The first-order chi connectivity index (χ1) is 7.76. The minimum atomic E-state index is -4.41. The number of rotatable bonds is 3. The molecule has 0 bridgehead atoms. The van der Waals surface area contributed by atoms with Gasteiger partial charge in [-0.1, -0.05) is 6.58 Å². The van der Waals surface area contributed by atoms with E-state index >= 15 is 0 Å². The third-order valence-corrected chi connectivity index (χ3v) is 1.93. The SMILES string of the molecule is C=C(C)C(=O)O.CC[N+](C)(C)C.COS(=O)(=O)[O-]. The topological polar surface area (TPSA) is 104 Å². The number of hydrogen-bond donors (Lipinski definition) is 1. The maximum Gasteiger partial charge on any atom is 0.330 e. The lowest BCUT2D eigenvalue weighted by Crippen LogP contribution is -2.33. The molecule has 0 aliphatic heterocycles. The normalized spacial score (nSPS) is 10.4. The van der Waals surface area contributed by atoms with Crippen molar-refractivity contribution in [1.29, 1.82) is 0 Å². The highest BCUT2D eigenvalue weighted by Gasteiger charge is 1.97. The highest BCUT2D eigenvalue weighted by molar-refractivity contribution is 7.80. The summed E-state index contributed by atoms with van der Waals surface area (Å²) in [5.41, 5.74) is 0.176. The molecule has 0 radical (unpaired) electrons. The minimum absolute atomic E-state index is 0.176. The Bertz CT molecular complexity index is 330. The first-order valence-electron chi connectivity index (χ1n) is 4.97. The van der Waals surface area contributed by atoms with E-state index in [4.69, 9.17) is 5.11 Å². The van der Waals surface area contributed by atoms with Crippen molar-refractivity contribution < 1.29 is 31.5 Å². The number of carbonyl (C=O) groups is 1. The van der Waals surface area contributed by atoms with Crippen LogP contribution in [0.5, 0.6) is 0 Å². The summed E-state index contributed by atoms with van der Waals surface area (Å²) < 4.78 is 32.1. The van der Waals surface area contributed by atoms with Crippen molar-refractivity contribution in [3.8, 4) is 0 Å².